The van der Waals surface area contributed by atoms with Crippen LogP contribution in [0.4, 0.5) is 17.6 Å². The largest absolute Gasteiger partial charge is 0.418 e. The van der Waals surface area contributed by atoms with E-state index < -0.39 is 22.6 Å². The second-order valence-electron chi connectivity index (χ2n) is 3.67. The summed E-state index contributed by atoms with van der Waals surface area (Å²) in [5, 5.41) is -0.399. The Kier molecular flexibility index (Phi) is 3.30. The van der Waals surface area contributed by atoms with Gasteiger partial charge < -0.3 is 0 Å². The average molecular weight is 275 g/mol. The maximum absolute atomic E-state index is 13.1. The zero-order valence-corrected chi connectivity index (χ0v) is 9.69. The zero-order chi connectivity index (χ0) is 13.3. The van der Waals surface area contributed by atoms with Crippen molar-refractivity contribution in [2.24, 2.45) is 0 Å². The van der Waals surface area contributed by atoms with Crippen LogP contribution >= 0.6 is 11.6 Å². The van der Waals surface area contributed by atoms with Crippen LogP contribution in [0.25, 0.3) is 11.1 Å². The molecular formula is C13H7ClF4. The number of rotatable bonds is 1. The predicted molar refractivity (Wildman–Crippen MR) is 61.8 cm³/mol. The summed E-state index contributed by atoms with van der Waals surface area (Å²) < 4.78 is 51.8. The third kappa shape index (κ3) is 2.48. The minimum absolute atomic E-state index is 0.130. The third-order valence-corrected chi connectivity index (χ3v) is 2.75. The third-order valence-electron chi connectivity index (χ3n) is 2.43. The Morgan fingerprint density at radius 3 is 2.22 bits per heavy atom. The standard InChI is InChI=1S/C13H7ClF4/c14-11-6-2-5-10(12(11)13(16,17)18)8-3-1-4-9(15)7-8/h1-7H. The summed E-state index contributed by atoms with van der Waals surface area (Å²) in [7, 11) is 0. The summed E-state index contributed by atoms with van der Waals surface area (Å²) in [6.07, 6.45) is -4.58. The van der Waals surface area contributed by atoms with Gasteiger partial charge in [-0.15, -0.1) is 0 Å². The molecule has 2 aromatic rings. The van der Waals surface area contributed by atoms with Crippen LogP contribution in [0.15, 0.2) is 42.5 Å². The number of alkyl halides is 3. The topological polar surface area (TPSA) is 0 Å². The summed E-state index contributed by atoms with van der Waals surface area (Å²) in [5.74, 6) is -0.597. The summed E-state index contributed by atoms with van der Waals surface area (Å²) >= 11 is 5.59. The molecule has 0 saturated heterocycles. The van der Waals surface area contributed by atoms with Gasteiger partial charge in [0, 0.05) is 0 Å². The van der Waals surface area contributed by atoms with E-state index in [4.69, 9.17) is 11.6 Å². The van der Waals surface area contributed by atoms with Crippen LogP contribution in [-0.4, -0.2) is 0 Å². The average Bonchev–Trinajstić information content (AvgIpc) is 2.27. The first-order valence-corrected chi connectivity index (χ1v) is 5.39. The van der Waals surface area contributed by atoms with E-state index in [1.165, 1.54) is 30.3 Å². The van der Waals surface area contributed by atoms with Gasteiger partial charge in [-0.1, -0.05) is 35.9 Å². The first kappa shape index (κ1) is 12.9. The molecule has 0 heterocycles. The first-order valence-electron chi connectivity index (χ1n) is 5.01. The number of benzene rings is 2. The molecule has 0 unspecified atom stereocenters. The highest BCUT2D eigenvalue weighted by Crippen LogP contribution is 2.41. The highest BCUT2D eigenvalue weighted by Gasteiger charge is 2.36. The predicted octanol–water partition coefficient (Wildman–Crippen LogP) is 5.16. The van der Waals surface area contributed by atoms with Gasteiger partial charge in [-0.2, -0.15) is 13.2 Å². The molecule has 5 heteroatoms. The summed E-state index contributed by atoms with van der Waals surface area (Å²) in [5.41, 5.74) is -0.934. The van der Waals surface area contributed by atoms with E-state index in [1.54, 1.807) is 0 Å². The van der Waals surface area contributed by atoms with E-state index >= 15 is 0 Å². The van der Waals surface area contributed by atoms with Gasteiger partial charge in [0.2, 0.25) is 0 Å². The molecule has 0 nitrogen and oxygen atoms in total. The zero-order valence-electron chi connectivity index (χ0n) is 8.93. The summed E-state index contributed by atoms with van der Waals surface area (Å²) in [6.45, 7) is 0. The van der Waals surface area contributed by atoms with Crippen molar-refractivity contribution in [3.63, 3.8) is 0 Å². The lowest BCUT2D eigenvalue weighted by Crippen LogP contribution is -2.08. The van der Waals surface area contributed by atoms with Crippen LogP contribution < -0.4 is 0 Å². The fourth-order valence-electron chi connectivity index (χ4n) is 1.71. The number of hydrogen-bond donors (Lipinski definition) is 0. The van der Waals surface area contributed by atoms with Gasteiger partial charge in [0.05, 0.1) is 10.6 Å². The van der Waals surface area contributed by atoms with E-state index in [0.717, 1.165) is 12.1 Å². The molecule has 0 bridgehead atoms. The monoisotopic (exact) mass is 274 g/mol. The minimum atomic E-state index is -4.58. The summed E-state index contributed by atoms with van der Waals surface area (Å²) in [4.78, 5) is 0. The fourth-order valence-corrected chi connectivity index (χ4v) is 1.99. The number of halogens is 5. The molecule has 0 aliphatic carbocycles. The molecule has 2 rings (SSSR count). The van der Waals surface area contributed by atoms with Crippen molar-refractivity contribution in [1.29, 1.82) is 0 Å². The maximum atomic E-state index is 13.1. The molecule has 0 fully saturated rings. The van der Waals surface area contributed by atoms with Gasteiger partial charge in [-0.05, 0) is 29.3 Å². The maximum Gasteiger partial charge on any atom is 0.418 e. The lowest BCUT2D eigenvalue weighted by Gasteiger charge is -2.14. The highest BCUT2D eigenvalue weighted by molar-refractivity contribution is 6.31. The van der Waals surface area contributed by atoms with Crippen molar-refractivity contribution in [2.45, 2.75) is 6.18 Å². The van der Waals surface area contributed by atoms with E-state index in [0.29, 0.717) is 0 Å². The van der Waals surface area contributed by atoms with E-state index in [9.17, 15) is 17.6 Å². The molecule has 0 atom stereocenters. The van der Waals surface area contributed by atoms with Crippen molar-refractivity contribution in [2.75, 3.05) is 0 Å². The molecule has 2 aromatic carbocycles. The van der Waals surface area contributed by atoms with Crippen LogP contribution in [0.2, 0.25) is 5.02 Å². The quantitative estimate of drug-likeness (QED) is 0.630. The van der Waals surface area contributed by atoms with Crippen LogP contribution in [0.3, 0.4) is 0 Å². The van der Waals surface area contributed by atoms with Crippen molar-refractivity contribution >= 4 is 11.6 Å². The minimum Gasteiger partial charge on any atom is -0.207 e. The van der Waals surface area contributed by atoms with E-state index in [-0.39, 0.29) is 11.1 Å². The molecule has 94 valence electrons. The first-order chi connectivity index (χ1) is 8.39. The van der Waals surface area contributed by atoms with Gasteiger partial charge in [-0.3, -0.25) is 0 Å². The Bertz CT molecular complexity index is 575. The van der Waals surface area contributed by atoms with E-state index in [1.807, 2.05) is 0 Å². The van der Waals surface area contributed by atoms with Gasteiger partial charge in [0.1, 0.15) is 5.82 Å². The van der Waals surface area contributed by atoms with Gasteiger partial charge in [-0.25, -0.2) is 4.39 Å². The Balaban J connectivity index is 2.69. The van der Waals surface area contributed by atoms with Crippen molar-refractivity contribution in [3.8, 4) is 11.1 Å². The summed E-state index contributed by atoms with van der Waals surface area (Å²) in [6, 6.07) is 8.80. The molecule has 0 aromatic heterocycles. The second kappa shape index (κ2) is 4.61. The molecule has 0 aliphatic heterocycles. The van der Waals surface area contributed by atoms with Crippen LogP contribution in [0, 0.1) is 5.82 Å². The Morgan fingerprint density at radius 1 is 0.944 bits per heavy atom. The van der Waals surface area contributed by atoms with E-state index in [2.05, 4.69) is 0 Å². The Labute approximate surface area is 106 Å². The number of hydrogen-bond acceptors (Lipinski definition) is 0. The van der Waals surface area contributed by atoms with Gasteiger partial charge in [0.25, 0.3) is 0 Å². The van der Waals surface area contributed by atoms with Crippen LogP contribution in [0.5, 0.6) is 0 Å². The van der Waals surface area contributed by atoms with Crippen LogP contribution in [-0.2, 0) is 6.18 Å². The smallest absolute Gasteiger partial charge is 0.207 e. The normalized spacial score (nSPS) is 11.6. The highest BCUT2D eigenvalue weighted by atomic mass is 35.5. The lowest BCUT2D eigenvalue weighted by molar-refractivity contribution is -0.137. The lowest BCUT2D eigenvalue weighted by atomic mass is 9.99. The van der Waals surface area contributed by atoms with Crippen molar-refractivity contribution in [1.82, 2.24) is 0 Å². The molecule has 0 saturated carbocycles. The molecule has 0 aliphatic rings. The Morgan fingerprint density at radius 2 is 1.61 bits per heavy atom. The second-order valence-corrected chi connectivity index (χ2v) is 4.08. The van der Waals surface area contributed by atoms with Gasteiger partial charge >= 0.3 is 6.18 Å². The molecule has 0 radical (unpaired) electrons. The molecule has 0 amide bonds. The van der Waals surface area contributed by atoms with Gasteiger partial charge in [0.15, 0.2) is 0 Å². The van der Waals surface area contributed by atoms with Crippen LogP contribution in [0.1, 0.15) is 5.56 Å². The van der Waals surface area contributed by atoms with Crippen molar-refractivity contribution < 1.29 is 17.6 Å². The van der Waals surface area contributed by atoms with Crippen molar-refractivity contribution in [3.05, 3.63) is 58.9 Å². The molecule has 18 heavy (non-hydrogen) atoms. The molecular weight excluding hydrogens is 268 g/mol. The SMILES string of the molecule is Fc1cccc(-c2cccc(Cl)c2C(F)(F)F)c1. The fraction of sp³-hybridized carbons (Fsp3) is 0.0769. The molecule has 0 spiro atoms. The molecule has 0 N–H and O–H groups in total. The Hall–Kier alpha value is -1.55.